The summed E-state index contributed by atoms with van der Waals surface area (Å²) in [6.45, 7) is 0.231. The van der Waals surface area contributed by atoms with E-state index in [0.29, 0.717) is 24.3 Å². The lowest BCUT2D eigenvalue weighted by Crippen LogP contribution is -2.17. The van der Waals surface area contributed by atoms with Gasteiger partial charge in [0.05, 0.1) is 21.8 Å². The molecule has 0 atom stereocenters. The molecule has 0 aromatic heterocycles. The monoisotopic (exact) mass is 559 g/mol. The maximum absolute atomic E-state index is 12.0. The number of halogens is 1. The molecular weight excluding hydrogens is 537 g/mol. The van der Waals surface area contributed by atoms with Crippen LogP contribution in [0.3, 0.4) is 0 Å². The summed E-state index contributed by atoms with van der Waals surface area (Å²) in [7, 11) is 1.54. The van der Waals surface area contributed by atoms with Crippen LogP contribution < -0.4 is 14.9 Å². The molecule has 0 fully saturated rings. The van der Waals surface area contributed by atoms with Crippen molar-refractivity contribution in [3.05, 3.63) is 97.1 Å². The van der Waals surface area contributed by atoms with E-state index < -0.39 is 4.92 Å². The SMILES string of the molecule is COc1cc(/C=N\NC(=O)CCc2ccccc2)cc(I)c1OCc1ccc([N+](=O)[O-])cc1. The Balaban J connectivity index is 1.58. The van der Waals surface area contributed by atoms with Crippen molar-refractivity contribution in [3.8, 4) is 11.5 Å². The van der Waals surface area contributed by atoms with Crippen molar-refractivity contribution in [3.63, 3.8) is 0 Å². The number of rotatable bonds is 10. The molecule has 3 aromatic carbocycles. The average Bonchev–Trinajstić information content (AvgIpc) is 2.82. The summed E-state index contributed by atoms with van der Waals surface area (Å²) in [6.07, 6.45) is 2.54. The minimum atomic E-state index is -0.442. The van der Waals surface area contributed by atoms with Crippen LogP contribution in [0.4, 0.5) is 5.69 Å². The summed E-state index contributed by atoms with van der Waals surface area (Å²) in [4.78, 5) is 22.4. The summed E-state index contributed by atoms with van der Waals surface area (Å²) in [5.74, 6) is 0.904. The summed E-state index contributed by atoms with van der Waals surface area (Å²) < 4.78 is 12.1. The van der Waals surface area contributed by atoms with Gasteiger partial charge in [-0.1, -0.05) is 30.3 Å². The standard InChI is InChI=1S/C24H22IN3O5/c1-32-22-14-19(15-26-27-23(29)12-9-17-5-3-2-4-6-17)13-21(25)24(22)33-16-18-7-10-20(11-8-18)28(30)31/h2-8,10-11,13-15H,9,12,16H2,1H3,(H,27,29)/b26-15-. The van der Waals surface area contributed by atoms with Crippen LogP contribution in [0.1, 0.15) is 23.1 Å². The van der Waals surface area contributed by atoms with Gasteiger partial charge in [0.1, 0.15) is 6.61 Å². The van der Waals surface area contributed by atoms with Crippen LogP contribution in [0.15, 0.2) is 71.8 Å². The van der Waals surface area contributed by atoms with Gasteiger partial charge < -0.3 is 9.47 Å². The number of ether oxygens (including phenoxy) is 2. The van der Waals surface area contributed by atoms with Gasteiger partial charge in [-0.3, -0.25) is 14.9 Å². The van der Waals surface area contributed by atoms with Crippen LogP contribution in [0, 0.1) is 13.7 Å². The maximum Gasteiger partial charge on any atom is 0.269 e. The van der Waals surface area contributed by atoms with E-state index >= 15 is 0 Å². The molecule has 0 spiro atoms. The highest BCUT2D eigenvalue weighted by Gasteiger charge is 2.12. The number of amides is 1. The Morgan fingerprint density at radius 2 is 1.85 bits per heavy atom. The van der Waals surface area contributed by atoms with Gasteiger partial charge in [-0.15, -0.1) is 0 Å². The number of hydrazone groups is 1. The van der Waals surface area contributed by atoms with Crippen LogP contribution in [-0.4, -0.2) is 24.2 Å². The van der Waals surface area contributed by atoms with Gasteiger partial charge in [0.15, 0.2) is 11.5 Å². The number of nitro benzene ring substituents is 1. The summed E-state index contributed by atoms with van der Waals surface area (Å²) >= 11 is 2.13. The van der Waals surface area contributed by atoms with Gasteiger partial charge >= 0.3 is 0 Å². The highest BCUT2D eigenvalue weighted by atomic mass is 127. The Hall–Kier alpha value is -3.47. The number of hydrogen-bond donors (Lipinski definition) is 1. The van der Waals surface area contributed by atoms with Gasteiger partial charge in [-0.2, -0.15) is 5.10 Å². The minimum absolute atomic E-state index is 0.0294. The molecule has 0 saturated carbocycles. The third kappa shape index (κ3) is 7.28. The largest absolute Gasteiger partial charge is 0.493 e. The van der Waals surface area contributed by atoms with Crippen molar-refractivity contribution in [2.24, 2.45) is 5.10 Å². The van der Waals surface area contributed by atoms with Gasteiger partial charge in [0, 0.05) is 18.6 Å². The van der Waals surface area contributed by atoms with Gasteiger partial charge in [-0.25, -0.2) is 5.43 Å². The number of nitrogens with one attached hydrogen (secondary N) is 1. The van der Waals surface area contributed by atoms with Crippen molar-refractivity contribution in [2.75, 3.05) is 7.11 Å². The molecule has 3 aromatic rings. The van der Waals surface area contributed by atoms with Gasteiger partial charge in [0.2, 0.25) is 5.91 Å². The molecule has 3 rings (SSSR count). The maximum atomic E-state index is 12.0. The number of non-ortho nitro benzene ring substituents is 1. The third-order valence-corrected chi connectivity index (χ3v) is 5.47. The number of hydrogen-bond acceptors (Lipinski definition) is 6. The number of carbonyl (C=O) groups excluding carboxylic acids is 1. The molecule has 0 aliphatic carbocycles. The minimum Gasteiger partial charge on any atom is -0.493 e. The van der Waals surface area contributed by atoms with Gasteiger partial charge in [0.25, 0.3) is 5.69 Å². The Morgan fingerprint density at radius 1 is 1.12 bits per heavy atom. The molecule has 1 amide bonds. The fourth-order valence-electron chi connectivity index (χ4n) is 2.96. The lowest BCUT2D eigenvalue weighted by atomic mass is 10.1. The number of nitrogens with zero attached hydrogens (tertiary/aromatic N) is 2. The molecule has 1 N–H and O–H groups in total. The molecular formula is C24H22IN3O5. The van der Waals surface area contributed by atoms with E-state index in [-0.39, 0.29) is 18.2 Å². The Labute approximate surface area is 204 Å². The molecule has 0 heterocycles. The van der Waals surface area contributed by atoms with Crippen molar-refractivity contribution >= 4 is 40.4 Å². The predicted octanol–water partition coefficient (Wildman–Crippen LogP) is 4.87. The average molecular weight is 559 g/mol. The van der Waals surface area contributed by atoms with Crippen molar-refractivity contribution in [2.45, 2.75) is 19.4 Å². The zero-order valence-electron chi connectivity index (χ0n) is 17.9. The van der Waals surface area contributed by atoms with E-state index in [1.807, 2.05) is 36.4 Å². The highest BCUT2D eigenvalue weighted by Crippen LogP contribution is 2.34. The van der Waals surface area contributed by atoms with Crippen LogP contribution in [0.25, 0.3) is 0 Å². The smallest absolute Gasteiger partial charge is 0.269 e. The molecule has 33 heavy (non-hydrogen) atoms. The number of aryl methyl sites for hydroxylation is 1. The molecule has 0 saturated heterocycles. The van der Waals surface area contributed by atoms with E-state index in [2.05, 4.69) is 33.1 Å². The van der Waals surface area contributed by atoms with Crippen LogP contribution in [0.5, 0.6) is 11.5 Å². The Morgan fingerprint density at radius 3 is 2.52 bits per heavy atom. The second kappa shape index (κ2) is 12.0. The molecule has 8 nitrogen and oxygen atoms in total. The van der Waals surface area contributed by atoms with Crippen molar-refractivity contribution in [1.82, 2.24) is 5.43 Å². The van der Waals surface area contributed by atoms with Crippen molar-refractivity contribution < 1.29 is 19.2 Å². The first-order valence-electron chi connectivity index (χ1n) is 10.1. The van der Waals surface area contributed by atoms with Crippen LogP contribution >= 0.6 is 22.6 Å². The fraction of sp³-hybridized carbons (Fsp3) is 0.167. The van der Waals surface area contributed by atoms with E-state index in [1.54, 1.807) is 24.4 Å². The molecule has 0 aliphatic rings. The first-order chi connectivity index (χ1) is 16.0. The zero-order chi connectivity index (χ0) is 23.6. The molecule has 9 heteroatoms. The topological polar surface area (TPSA) is 103 Å². The third-order valence-electron chi connectivity index (χ3n) is 4.67. The van der Waals surface area contributed by atoms with Crippen LogP contribution in [-0.2, 0) is 17.8 Å². The second-order valence-electron chi connectivity index (χ2n) is 7.03. The predicted molar refractivity (Wildman–Crippen MR) is 134 cm³/mol. The Bertz CT molecular complexity index is 1130. The number of nitro groups is 1. The lowest BCUT2D eigenvalue weighted by molar-refractivity contribution is -0.384. The first-order valence-corrected chi connectivity index (χ1v) is 11.1. The Kier molecular flexibility index (Phi) is 8.76. The normalized spacial score (nSPS) is 10.7. The number of benzene rings is 3. The van der Waals surface area contributed by atoms with Crippen LogP contribution in [0.2, 0.25) is 0 Å². The van der Waals surface area contributed by atoms with E-state index in [9.17, 15) is 14.9 Å². The van der Waals surface area contributed by atoms with E-state index in [4.69, 9.17) is 9.47 Å². The molecule has 0 unspecified atom stereocenters. The van der Waals surface area contributed by atoms with Crippen molar-refractivity contribution in [1.29, 1.82) is 0 Å². The zero-order valence-corrected chi connectivity index (χ0v) is 20.0. The van der Waals surface area contributed by atoms with E-state index in [1.165, 1.54) is 19.2 Å². The second-order valence-corrected chi connectivity index (χ2v) is 8.19. The molecule has 170 valence electrons. The van der Waals surface area contributed by atoms with Gasteiger partial charge in [-0.05, 0) is 70.0 Å². The van der Waals surface area contributed by atoms with E-state index in [0.717, 1.165) is 20.3 Å². The molecule has 0 radical (unpaired) electrons. The molecule has 0 bridgehead atoms. The lowest BCUT2D eigenvalue weighted by Gasteiger charge is -2.13. The number of methoxy groups -OCH3 is 1. The fourth-order valence-corrected chi connectivity index (χ4v) is 3.74. The quantitative estimate of drug-likeness (QED) is 0.165. The highest BCUT2D eigenvalue weighted by molar-refractivity contribution is 14.1. The summed E-state index contributed by atoms with van der Waals surface area (Å²) in [6, 6.07) is 19.6. The summed E-state index contributed by atoms with van der Waals surface area (Å²) in [5.41, 5.74) is 5.20. The first kappa shape index (κ1) is 24.2. The summed E-state index contributed by atoms with van der Waals surface area (Å²) in [5, 5.41) is 14.8. The molecule has 0 aliphatic heterocycles. The number of carbonyl (C=O) groups is 1.